The van der Waals surface area contributed by atoms with Crippen LogP contribution in [0.25, 0.3) is 33.2 Å². The normalized spacial score (nSPS) is 11.5. The largest absolute Gasteiger partial charge is 0.450 e. The van der Waals surface area contributed by atoms with Crippen molar-refractivity contribution >= 4 is 28.5 Å². The van der Waals surface area contributed by atoms with Crippen LogP contribution in [0.15, 0.2) is 106 Å². The van der Waals surface area contributed by atoms with Gasteiger partial charge in [-0.1, -0.05) is 72.3 Å². The summed E-state index contributed by atoms with van der Waals surface area (Å²) in [4.78, 5) is 25.8. The number of alkyl halides is 3. The van der Waals surface area contributed by atoms with Gasteiger partial charge in [-0.3, -0.25) is 4.79 Å². The molecule has 0 bridgehead atoms. The van der Waals surface area contributed by atoms with Crippen LogP contribution >= 0.6 is 11.6 Å². The molecule has 5 rings (SSSR count). The number of hydrogen-bond donors (Lipinski definition) is 0. The van der Waals surface area contributed by atoms with E-state index in [0.29, 0.717) is 0 Å². The summed E-state index contributed by atoms with van der Waals surface area (Å²) in [6, 6.07) is 25.6. The molecule has 5 aromatic rings. The molecule has 0 saturated carbocycles. The van der Waals surface area contributed by atoms with Crippen LogP contribution in [0.3, 0.4) is 0 Å². The number of esters is 1. The molecule has 0 radical (unpaired) electrons. The van der Waals surface area contributed by atoms with Crippen LogP contribution < -0.4 is 10.2 Å². The second-order valence-corrected chi connectivity index (χ2v) is 8.51. The number of carbonyl (C=O) groups excluding carboxylic acids is 1. The Morgan fingerprint density at radius 2 is 1.46 bits per heavy atom. The van der Waals surface area contributed by atoms with E-state index in [0.717, 1.165) is 17.2 Å². The van der Waals surface area contributed by atoms with Gasteiger partial charge in [-0.2, -0.15) is 13.2 Å². The maximum absolute atomic E-state index is 13.9. The summed E-state index contributed by atoms with van der Waals surface area (Å²) in [5.41, 5.74) is 0.0536. The number of carbonyl (C=O) groups is 1. The lowest BCUT2D eigenvalue weighted by Gasteiger charge is -2.14. The minimum atomic E-state index is -4.98. The van der Waals surface area contributed by atoms with E-state index in [4.69, 9.17) is 20.8 Å². The third-order valence-electron chi connectivity index (χ3n) is 5.70. The third-order valence-corrected chi connectivity index (χ3v) is 6.03. The van der Waals surface area contributed by atoms with Gasteiger partial charge >= 0.3 is 12.1 Å². The quantitative estimate of drug-likeness (QED) is 0.178. The summed E-state index contributed by atoms with van der Waals surface area (Å²) in [6.45, 7) is 0. The highest BCUT2D eigenvalue weighted by atomic mass is 35.5. The van der Waals surface area contributed by atoms with Crippen molar-refractivity contribution in [2.45, 2.75) is 6.18 Å². The summed E-state index contributed by atoms with van der Waals surface area (Å²) in [5.74, 6) is -2.28. The number of ether oxygens (including phenoxy) is 1. The number of halogens is 4. The lowest BCUT2D eigenvalue weighted by Crippen LogP contribution is -2.16. The monoisotopic (exact) mass is 520 g/mol. The van der Waals surface area contributed by atoms with Crippen molar-refractivity contribution in [3.05, 3.63) is 124 Å². The summed E-state index contributed by atoms with van der Waals surface area (Å²) in [5, 5.41) is -0.140. The Morgan fingerprint density at radius 1 is 0.811 bits per heavy atom. The molecule has 184 valence electrons. The molecule has 37 heavy (non-hydrogen) atoms. The van der Waals surface area contributed by atoms with E-state index >= 15 is 0 Å². The molecular formula is C29H16ClF3O4. The molecule has 0 fully saturated rings. The van der Waals surface area contributed by atoms with Crippen LogP contribution in [0.5, 0.6) is 5.75 Å². The average Bonchev–Trinajstić information content (AvgIpc) is 2.89. The Labute approximate surface area is 213 Å². The van der Waals surface area contributed by atoms with Gasteiger partial charge in [-0.15, -0.1) is 0 Å². The van der Waals surface area contributed by atoms with Gasteiger partial charge in [0.15, 0.2) is 0 Å². The molecule has 0 aliphatic heterocycles. The highest BCUT2D eigenvalue weighted by Gasteiger charge is 2.39. The van der Waals surface area contributed by atoms with Crippen LogP contribution in [0.1, 0.15) is 16.1 Å². The fourth-order valence-corrected chi connectivity index (χ4v) is 4.17. The van der Waals surface area contributed by atoms with E-state index in [-0.39, 0.29) is 32.9 Å². The Balaban J connectivity index is 1.50. The molecule has 4 aromatic carbocycles. The fraction of sp³-hybridized carbons (Fsp3) is 0.0345. The van der Waals surface area contributed by atoms with E-state index < -0.39 is 28.9 Å². The van der Waals surface area contributed by atoms with Crippen LogP contribution in [0, 0.1) is 0 Å². The van der Waals surface area contributed by atoms with Crippen LogP contribution in [-0.2, 0) is 6.18 Å². The summed E-state index contributed by atoms with van der Waals surface area (Å²) in [7, 11) is 0. The standard InChI is InChI=1S/C29H16ClF3O4/c30-23-9-5-4-8-21(23)25-26(34)22-15-14-20(16-24(22)37-27(25)29(31,32)33)36-28(35)19-12-10-18(11-13-19)17-6-2-1-3-7-17/h1-16H. The van der Waals surface area contributed by atoms with Crippen LogP contribution in [0.2, 0.25) is 5.02 Å². The Morgan fingerprint density at radius 3 is 2.14 bits per heavy atom. The predicted octanol–water partition coefficient (Wildman–Crippen LogP) is 8.02. The van der Waals surface area contributed by atoms with Crippen LogP contribution in [0.4, 0.5) is 13.2 Å². The molecule has 0 N–H and O–H groups in total. The lowest BCUT2D eigenvalue weighted by molar-refractivity contribution is -0.152. The van der Waals surface area contributed by atoms with Crippen molar-refractivity contribution in [3.8, 4) is 28.0 Å². The van der Waals surface area contributed by atoms with Crippen LogP contribution in [-0.4, -0.2) is 5.97 Å². The molecule has 0 spiro atoms. The topological polar surface area (TPSA) is 56.5 Å². The molecule has 0 saturated heterocycles. The molecule has 0 atom stereocenters. The second kappa shape index (κ2) is 9.59. The predicted molar refractivity (Wildman–Crippen MR) is 135 cm³/mol. The lowest BCUT2D eigenvalue weighted by atomic mass is 10.0. The first-order valence-electron chi connectivity index (χ1n) is 11.0. The number of rotatable bonds is 4. The van der Waals surface area contributed by atoms with Gasteiger partial charge in [0.25, 0.3) is 0 Å². The van der Waals surface area contributed by atoms with Crippen molar-refractivity contribution < 1.29 is 27.1 Å². The molecule has 0 unspecified atom stereocenters. The minimum absolute atomic E-state index is 0.0246. The highest BCUT2D eigenvalue weighted by molar-refractivity contribution is 6.33. The Bertz CT molecular complexity index is 1670. The summed E-state index contributed by atoms with van der Waals surface area (Å²) < 4.78 is 52.2. The zero-order valence-electron chi connectivity index (χ0n) is 18.9. The Hall–Kier alpha value is -4.36. The van der Waals surface area contributed by atoms with Gasteiger partial charge in [0.2, 0.25) is 11.2 Å². The highest BCUT2D eigenvalue weighted by Crippen LogP contribution is 2.39. The van der Waals surface area contributed by atoms with Gasteiger partial charge < -0.3 is 9.15 Å². The molecule has 0 aliphatic rings. The molecule has 8 heteroatoms. The van der Waals surface area contributed by atoms with E-state index in [1.807, 2.05) is 30.3 Å². The van der Waals surface area contributed by atoms with Gasteiger partial charge in [-0.05, 0) is 41.5 Å². The molecule has 1 heterocycles. The van der Waals surface area contributed by atoms with E-state index in [2.05, 4.69) is 0 Å². The van der Waals surface area contributed by atoms with E-state index in [1.54, 1.807) is 24.3 Å². The van der Waals surface area contributed by atoms with Crippen molar-refractivity contribution in [1.82, 2.24) is 0 Å². The first kappa shape index (κ1) is 24.3. The van der Waals surface area contributed by atoms with Crippen molar-refractivity contribution in [2.24, 2.45) is 0 Å². The van der Waals surface area contributed by atoms with Gasteiger partial charge in [-0.25, -0.2) is 4.79 Å². The van der Waals surface area contributed by atoms with E-state index in [9.17, 15) is 22.8 Å². The van der Waals surface area contributed by atoms with Gasteiger partial charge in [0, 0.05) is 16.7 Å². The van der Waals surface area contributed by atoms with Crippen molar-refractivity contribution in [2.75, 3.05) is 0 Å². The van der Waals surface area contributed by atoms with Gasteiger partial charge in [0.05, 0.1) is 16.5 Å². The first-order chi connectivity index (χ1) is 17.7. The van der Waals surface area contributed by atoms with Crippen molar-refractivity contribution in [1.29, 1.82) is 0 Å². The minimum Gasteiger partial charge on any atom is -0.450 e. The molecular weight excluding hydrogens is 505 g/mol. The molecule has 1 aromatic heterocycles. The fourth-order valence-electron chi connectivity index (χ4n) is 3.94. The Kier molecular flexibility index (Phi) is 6.31. The maximum Gasteiger partial charge on any atom is 0.450 e. The van der Waals surface area contributed by atoms with Crippen molar-refractivity contribution in [3.63, 3.8) is 0 Å². The summed E-state index contributed by atoms with van der Waals surface area (Å²) >= 11 is 6.08. The summed E-state index contributed by atoms with van der Waals surface area (Å²) in [6.07, 6.45) is -4.98. The number of hydrogen-bond acceptors (Lipinski definition) is 4. The van der Waals surface area contributed by atoms with Gasteiger partial charge in [0.1, 0.15) is 11.3 Å². The number of fused-ring (bicyclic) bond motifs is 1. The number of benzene rings is 4. The first-order valence-corrected chi connectivity index (χ1v) is 11.4. The third kappa shape index (κ3) is 4.86. The molecule has 0 aliphatic carbocycles. The zero-order valence-corrected chi connectivity index (χ0v) is 19.6. The van der Waals surface area contributed by atoms with E-state index in [1.165, 1.54) is 36.4 Å². The molecule has 4 nitrogen and oxygen atoms in total. The second-order valence-electron chi connectivity index (χ2n) is 8.10. The molecule has 0 amide bonds. The maximum atomic E-state index is 13.9. The smallest absolute Gasteiger partial charge is 0.450 e. The zero-order chi connectivity index (χ0) is 26.2. The SMILES string of the molecule is O=C(Oc1ccc2c(=O)c(-c3ccccc3Cl)c(C(F)(F)F)oc2c1)c1ccc(-c2ccccc2)cc1. The average molecular weight is 521 g/mol.